The van der Waals surface area contributed by atoms with Gasteiger partial charge in [-0.2, -0.15) is 0 Å². The molecule has 0 aliphatic heterocycles. The molecule has 0 aliphatic rings. The summed E-state index contributed by atoms with van der Waals surface area (Å²) in [6.45, 7) is 0. The average molecular weight is 642 g/mol. The molecule has 0 aliphatic carbocycles. The summed E-state index contributed by atoms with van der Waals surface area (Å²) in [6.07, 6.45) is 3.71. The van der Waals surface area contributed by atoms with Crippen LogP contribution in [0.1, 0.15) is 0 Å². The van der Waals surface area contributed by atoms with Gasteiger partial charge in [0.1, 0.15) is 11.2 Å². The fourth-order valence-electron chi connectivity index (χ4n) is 7.00. The zero-order valence-electron chi connectivity index (χ0n) is 26.7. The van der Waals surface area contributed by atoms with E-state index >= 15 is 0 Å². The number of rotatable bonds is 5. The molecule has 0 unspecified atom stereocenters. The fraction of sp³-hybridized carbons (Fsp3) is 0. The van der Waals surface area contributed by atoms with Crippen LogP contribution >= 0.6 is 0 Å². The quantitative estimate of drug-likeness (QED) is 0.187. The van der Waals surface area contributed by atoms with Crippen molar-refractivity contribution in [2.75, 3.05) is 0 Å². The van der Waals surface area contributed by atoms with Gasteiger partial charge in [0.05, 0.1) is 22.9 Å². The van der Waals surface area contributed by atoms with Crippen LogP contribution in [0.2, 0.25) is 0 Å². The van der Waals surface area contributed by atoms with Crippen molar-refractivity contribution < 1.29 is 4.42 Å². The molecule has 0 radical (unpaired) electrons. The number of pyridine rings is 1. The van der Waals surface area contributed by atoms with Crippen molar-refractivity contribution >= 4 is 43.7 Å². The van der Waals surface area contributed by atoms with Crippen LogP contribution in [0.5, 0.6) is 0 Å². The van der Waals surface area contributed by atoms with Crippen molar-refractivity contribution in [2.24, 2.45) is 0 Å². The van der Waals surface area contributed by atoms with Crippen LogP contribution in [-0.2, 0) is 0 Å². The summed E-state index contributed by atoms with van der Waals surface area (Å²) >= 11 is 0. The zero-order chi connectivity index (χ0) is 33.0. The van der Waals surface area contributed by atoms with Crippen LogP contribution in [0.4, 0.5) is 0 Å². The molecule has 50 heavy (non-hydrogen) atoms. The van der Waals surface area contributed by atoms with Crippen LogP contribution in [0.15, 0.2) is 168 Å². The molecule has 10 rings (SSSR count). The van der Waals surface area contributed by atoms with Gasteiger partial charge in [0, 0.05) is 44.4 Å². The smallest absolute Gasteiger partial charge is 0.166 e. The summed E-state index contributed by atoms with van der Waals surface area (Å²) in [4.78, 5) is 19.7. The van der Waals surface area contributed by atoms with Gasteiger partial charge >= 0.3 is 0 Å². The molecule has 0 spiro atoms. The Morgan fingerprint density at radius 2 is 1.00 bits per heavy atom. The molecule has 0 fully saturated rings. The molecule has 0 saturated carbocycles. The first-order valence-electron chi connectivity index (χ1n) is 16.5. The molecule has 0 bridgehead atoms. The van der Waals surface area contributed by atoms with Gasteiger partial charge in [0.25, 0.3) is 0 Å². The van der Waals surface area contributed by atoms with Crippen molar-refractivity contribution in [3.05, 3.63) is 164 Å². The maximum Gasteiger partial charge on any atom is 0.166 e. The van der Waals surface area contributed by atoms with Crippen molar-refractivity contribution in [3.63, 3.8) is 0 Å². The van der Waals surface area contributed by atoms with E-state index in [1.165, 1.54) is 0 Å². The molecule has 234 valence electrons. The van der Waals surface area contributed by atoms with E-state index in [-0.39, 0.29) is 0 Å². The Labute approximate surface area is 287 Å². The summed E-state index contributed by atoms with van der Waals surface area (Å²) in [7, 11) is 0. The standard InChI is InChI=1S/C44H27N5O/c1-3-11-28(12-4-1)42-46-43(29-13-5-2-6-14-29)48-44(47-42)36-23-24-45-27-39(36)49-37-17-9-7-15-32(37)33-21-19-30(25-38(33)49)31-20-22-35-34-16-8-10-18-40(34)50-41(35)26-31/h1-27H. The first-order valence-corrected chi connectivity index (χ1v) is 16.5. The molecule has 10 aromatic rings. The number of benzene rings is 6. The van der Waals surface area contributed by atoms with Crippen molar-refractivity contribution in [1.82, 2.24) is 24.5 Å². The van der Waals surface area contributed by atoms with Crippen molar-refractivity contribution in [1.29, 1.82) is 0 Å². The molecule has 4 aromatic heterocycles. The number of furan rings is 1. The van der Waals surface area contributed by atoms with Gasteiger partial charge in [0.15, 0.2) is 17.5 Å². The van der Waals surface area contributed by atoms with Gasteiger partial charge in [-0.1, -0.05) is 115 Å². The highest BCUT2D eigenvalue weighted by molar-refractivity contribution is 6.11. The Morgan fingerprint density at radius 1 is 0.420 bits per heavy atom. The largest absolute Gasteiger partial charge is 0.456 e. The van der Waals surface area contributed by atoms with E-state index in [4.69, 9.17) is 19.4 Å². The van der Waals surface area contributed by atoms with E-state index < -0.39 is 0 Å². The molecular formula is C44H27N5O. The number of aromatic nitrogens is 5. The van der Waals surface area contributed by atoms with E-state index in [0.717, 1.165) is 77.2 Å². The second kappa shape index (κ2) is 11.4. The lowest BCUT2D eigenvalue weighted by Gasteiger charge is -2.14. The number of fused-ring (bicyclic) bond motifs is 6. The van der Waals surface area contributed by atoms with E-state index in [1.54, 1.807) is 6.20 Å². The number of hydrogen-bond acceptors (Lipinski definition) is 5. The predicted molar refractivity (Wildman–Crippen MR) is 201 cm³/mol. The third-order valence-corrected chi connectivity index (χ3v) is 9.37. The van der Waals surface area contributed by atoms with Crippen molar-refractivity contribution in [3.8, 4) is 51.0 Å². The van der Waals surface area contributed by atoms with Crippen molar-refractivity contribution in [2.45, 2.75) is 0 Å². The van der Waals surface area contributed by atoms with Crippen LogP contribution in [0.3, 0.4) is 0 Å². The lowest BCUT2D eigenvalue weighted by Crippen LogP contribution is -2.04. The van der Waals surface area contributed by atoms with Gasteiger partial charge in [-0.3, -0.25) is 4.98 Å². The Morgan fingerprint density at radius 3 is 1.76 bits per heavy atom. The van der Waals surface area contributed by atoms with Gasteiger partial charge in [0.2, 0.25) is 0 Å². The molecule has 4 heterocycles. The van der Waals surface area contributed by atoms with E-state index in [1.807, 2.05) is 91.1 Å². The summed E-state index contributed by atoms with van der Waals surface area (Å²) in [5, 5.41) is 4.54. The maximum atomic E-state index is 6.26. The molecular weight excluding hydrogens is 615 g/mol. The SMILES string of the molecule is c1ccc(-c2nc(-c3ccccc3)nc(-c3ccncc3-n3c4ccccc4c4ccc(-c5ccc6c(c5)oc5ccccc56)cc43)n2)cc1. The number of nitrogens with zero attached hydrogens (tertiary/aromatic N) is 5. The van der Waals surface area contributed by atoms with Gasteiger partial charge in [-0.25, -0.2) is 15.0 Å². The third-order valence-electron chi connectivity index (χ3n) is 9.37. The highest BCUT2D eigenvalue weighted by Gasteiger charge is 2.20. The predicted octanol–water partition coefficient (Wildman–Crippen LogP) is 10.9. The van der Waals surface area contributed by atoms with Gasteiger partial charge < -0.3 is 8.98 Å². The lowest BCUT2D eigenvalue weighted by molar-refractivity contribution is 0.669. The molecule has 0 atom stereocenters. The Kier molecular flexibility index (Phi) is 6.39. The summed E-state index contributed by atoms with van der Waals surface area (Å²) in [6, 6.07) is 51.9. The van der Waals surface area contributed by atoms with Gasteiger partial charge in [-0.05, 0) is 47.5 Å². The summed E-state index contributed by atoms with van der Waals surface area (Å²) in [5.41, 5.74) is 9.65. The highest BCUT2D eigenvalue weighted by Crippen LogP contribution is 2.39. The minimum atomic E-state index is 0.576. The monoisotopic (exact) mass is 641 g/mol. The number of hydrogen-bond donors (Lipinski definition) is 0. The van der Waals surface area contributed by atoms with E-state index in [0.29, 0.717) is 17.5 Å². The molecule has 6 nitrogen and oxygen atoms in total. The fourth-order valence-corrected chi connectivity index (χ4v) is 7.00. The second-order valence-corrected chi connectivity index (χ2v) is 12.3. The Balaban J connectivity index is 1.20. The van der Waals surface area contributed by atoms with Crippen LogP contribution in [-0.4, -0.2) is 24.5 Å². The topological polar surface area (TPSA) is 69.6 Å². The normalized spacial score (nSPS) is 11.6. The Hall–Kier alpha value is -6.92. The summed E-state index contributed by atoms with van der Waals surface area (Å²) < 4.78 is 8.54. The maximum absolute atomic E-state index is 6.26. The molecule has 0 N–H and O–H groups in total. The third kappa shape index (κ3) is 4.58. The first-order chi connectivity index (χ1) is 24.8. The molecule has 6 aromatic carbocycles. The second-order valence-electron chi connectivity index (χ2n) is 12.3. The lowest BCUT2D eigenvalue weighted by atomic mass is 10.0. The van der Waals surface area contributed by atoms with Crippen LogP contribution < -0.4 is 0 Å². The molecule has 0 amide bonds. The molecule has 0 saturated heterocycles. The van der Waals surface area contributed by atoms with E-state index in [2.05, 4.69) is 76.3 Å². The van der Waals surface area contributed by atoms with Gasteiger partial charge in [-0.15, -0.1) is 0 Å². The first kappa shape index (κ1) is 28.1. The minimum Gasteiger partial charge on any atom is -0.456 e. The molecule has 6 heteroatoms. The van der Waals surface area contributed by atoms with Crippen LogP contribution in [0.25, 0.3) is 94.7 Å². The number of para-hydroxylation sites is 2. The summed E-state index contributed by atoms with van der Waals surface area (Å²) in [5.74, 6) is 1.80. The average Bonchev–Trinajstić information content (AvgIpc) is 3.73. The minimum absolute atomic E-state index is 0.576. The van der Waals surface area contributed by atoms with Crippen LogP contribution in [0, 0.1) is 0 Å². The highest BCUT2D eigenvalue weighted by atomic mass is 16.3. The Bertz CT molecular complexity index is 2820. The zero-order valence-corrected chi connectivity index (χ0v) is 26.7. The van der Waals surface area contributed by atoms with E-state index in [9.17, 15) is 0 Å².